The number of pyridine rings is 1. The number of hydrogen-bond acceptors (Lipinski definition) is 5. The Labute approximate surface area is 128 Å². The van der Waals surface area contributed by atoms with Crippen LogP contribution in [0.15, 0.2) is 30.3 Å². The van der Waals surface area contributed by atoms with Gasteiger partial charge in [0.25, 0.3) is 5.91 Å². The molecular formula is C16H18N2O4. The van der Waals surface area contributed by atoms with Crippen molar-refractivity contribution in [3.05, 3.63) is 36.0 Å². The van der Waals surface area contributed by atoms with E-state index < -0.39 is 17.4 Å². The number of nitrogens with one attached hydrogen (secondary N) is 1. The second-order valence-corrected chi connectivity index (χ2v) is 5.31. The van der Waals surface area contributed by atoms with Crippen molar-refractivity contribution in [2.45, 2.75) is 19.4 Å². The fourth-order valence-electron chi connectivity index (χ4n) is 2.09. The molecule has 0 saturated heterocycles. The minimum Gasteiger partial charge on any atom is -0.481 e. The van der Waals surface area contributed by atoms with Crippen molar-refractivity contribution in [3.8, 4) is 5.88 Å². The van der Waals surface area contributed by atoms with E-state index >= 15 is 0 Å². The van der Waals surface area contributed by atoms with Gasteiger partial charge in [-0.05, 0) is 31.4 Å². The number of aromatic nitrogens is 1. The average Bonchev–Trinajstić information content (AvgIpc) is 2.52. The Morgan fingerprint density at radius 3 is 2.50 bits per heavy atom. The highest BCUT2D eigenvalue weighted by atomic mass is 16.5. The van der Waals surface area contributed by atoms with Crippen molar-refractivity contribution in [1.29, 1.82) is 0 Å². The Hall–Kier alpha value is -2.63. The van der Waals surface area contributed by atoms with Crippen LogP contribution in [-0.4, -0.2) is 36.6 Å². The zero-order valence-electron chi connectivity index (χ0n) is 13.0. The molecule has 0 aliphatic heterocycles. The summed E-state index contributed by atoms with van der Waals surface area (Å²) in [6.45, 7) is 3.13. The van der Waals surface area contributed by atoms with Crippen LogP contribution in [-0.2, 0) is 9.53 Å². The molecule has 1 heterocycles. The summed E-state index contributed by atoms with van der Waals surface area (Å²) in [5.74, 6) is -0.646. The molecule has 22 heavy (non-hydrogen) atoms. The SMILES string of the molecule is COC(=O)C(C)(C)NC(=O)c1cc2ccccc2c(OC)n1. The summed E-state index contributed by atoms with van der Waals surface area (Å²) in [6, 6.07) is 9.11. The van der Waals surface area contributed by atoms with Crippen LogP contribution in [0.4, 0.5) is 0 Å². The van der Waals surface area contributed by atoms with E-state index in [4.69, 9.17) is 4.74 Å². The maximum Gasteiger partial charge on any atom is 0.330 e. The number of carbonyl (C=O) groups excluding carboxylic acids is 2. The standard InChI is InChI=1S/C16H18N2O4/c1-16(2,15(20)22-4)18-13(19)12-9-10-7-5-6-8-11(10)14(17-12)21-3/h5-9H,1-4H3,(H,18,19). The molecule has 1 N–H and O–H groups in total. The van der Waals surface area contributed by atoms with Gasteiger partial charge in [0.05, 0.1) is 14.2 Å². The minimum atomic E-state index is -1.15. The molecule has 2 aromatic rings. The molecule has 1 aromatic carbocycles. The fourth-order valence-corrected chi connectivity index (χ4v) is 2.09. The summed E-state index contributed by atoms with van der Waals surface area (Å²) in [7, 11) is 2.77. The number of carbonyl (C=O) groups is 2. The Morgan fingerprint density at radius 1 is 1.18 bits per heavy atom. The number of esters is 1. The first-order valence-corrected chi connectivity index (χ1v) is 6.73. The van der Waals surface area contributed by atoms with E-state index in [9.17, 15) is 9.59 Å². The summed E-state index contributed by atoms with van der Waals surface area (Å²) >= 11 is 0. The summed E-state index contributed by atoms with van der Waals surface area (Å²) in [5.41, 5.74) is -0.973. The van der Waals surface area contributed by atoms with Crippen LogP contribution in [0.25, 0.3) is 10.8 Å². The van der Waals surface area contributed by atoms with Gasteiger partial charge < -0.3 is 14.8 Å². The normalized spacial score (nSPS) is 11.1. The average molecular weight is 302 g/mol. The molecule has 0 saturated carbocycles. The van der Waals surface area contributed by atoms with Crippen molar-refractivity contribution in [2.24, 2.45) is 0 Å². The van der Waals surface area contributed by atoms with E-state index in [1.807, 2.05) is 24.3 Å². The van der Waals surface area contributed by atoms with Crippen LogP contribution in [0.5, 0.6) is 5.88 Å². The number of fused-ring (bicyclic) bond motifs is 1. The van der Waals surface area contributed by atoms with Gasteiger partial charge in [-0.3, -0.25) is 4.79 Å². The van der Waals surface area contributed by atoms with Crippen LogP contribution in [0.2, 0.25) is 0 Å². The number of rotatable bonds is 4. The molecule has 6 nitrogen and oxygen atoms in total. The van der Waals surface area contributed by atoms with Gasteiger partial charge >= 0.3 is 5.97 Å². The highest BCUT2D eigenvalue weighted by Crippen LogP contribution is 2.24. The fraction of sp³-hybridized carbons (Fsp3) is 0.312. The predicted molar refractivity (Wildman–Crippen MR) is 81.9 cm³/mol. The lowest BCUT2D eigenvalue weighted by atomic mass is 10.1. The van der Waals surface area contributed by atoms with E-state index in [0.29, 0.717) is 5.88 Å². The highest BCUT2D eigenvalue weighted by molar-refractivity contribution is 6.00. The molecule has 1 amide bonds. The van der Waals surface area contributed by atoms with Crippen LogP contribution >= 0.6 is 0 Å². The van der Waals surface area contributed by atoms with Crippen molar-refractivity contribution in [1.82, 2.24) is 10.3 Å². The largest absolute Gasteiger partial charge is 0.481 e. The van der Waals surface area contributed by atoms with E-state index in [1.54, 1.807) is 19.9 Å². The zero-order chi connectivity index (χ0) is 16.3. The lowest BCUT2D eigenvalue weighted by Gasteiger charge is -2.23. The summed E-state index contributed by atoms with van der Waals surface area (Å²) in [5, 5.41) is 4.25. The maximum atomic E-state index is 12.4. The Kier molecular flexibility index (Phi) is 4.30. The molecule has 1 aromatic heterocycles. The van der Waals surface area contributed by atoms with Gasteiger partial charge in [-0.1, -0.05) is 18.2 Å². The molecule has 0 unspecified atom stereocenters. The second kappa shape index (κ2) is 6.01. The van der Waals surface area contributed by atoms with Crippen molar-refractivity contribution < 1.29 is 19.1 Å². The van der Waals surface area contributed by atoms with Gasteiger partial charge in [-0.15, -0.1) is 0 Å². The molecule has 0 fully saturated rings. The maximum absolute atomic E-state index is 12.4. The van der Waals surface area contributed by atoms with E-state index in [0.717, 1.165) is 10.8 Å². The molecule has 0 atom stereocenters. The Balaban J connectivity index is 2.38. The monoisotopic (exact) mass is 302 g/mol. The number of hydrogen-bond donors (Lipinski definition) is 1. The lowest BCUT2D eigenvalue weighted by Crippen LogP contribution is -2.50. The van der Waals surface area contributed by atoms with E-state index in [1.165, 1.54) is 14.2 Å². The summed E-state index contributed by atoms with van der Waals surface area (Å²) < 4.78 is 9.90. The number of amides is 1. The zero-order valence-corrected chi connectivity index (χ0v) is 13.0. The second-order valence-electron chi connectivity index (χ2n) is 5.31. The van der Waals surface area contributed by atoms with Gasteiger partial charge in [0.1, 0.15) is 11.2 Å². The first kappa shape index (κ1) is 15.8. The number of nitrogens with zero attached hydrogens (tertiary/aromatic N) is 1. The Bertz CT molecular complexity index is 725. The molecule has 116 valence electrons. The summed E-state index contributed by atoms with van der Waals surface area (Å²) in [4.78, 5) is 28.2. The summed E-state index contributed by atoms with van der Waals surface area (Å²) in [6.07, 6.45) is 0. The molecule has 0 aliphatic carbocycles. The van der Waals surface area contributed by atoms with Crippen LogP contribution in [0.1, 0.15) is 24.3 Å². The van der Waals surface area contributed by atoms with Crippen molar-refractivity contribution in [2.75, 3.05) is 14.2 Å². The first-order valence-electron chi connectivity index (χ1n) is 6.73. The van der Waals surface area contributed by atoms with Gasteiger partial charge in [0, 0.05) is 5.39 Å². The Morgan fingerprint density at radius 2 is 1.86 bits per heavy atom. The number of methoxy groups -OCH3 is 2. The molecule has 0 aliphatic rings. The molecule has 6 heteroatoms. The van der Waals surface area contributed by atoms with Gasteiger partial charge in [0.2, 0.25) is 5.88 Å². The third-order valence-corrected chi connectivity index (χ3v) is 3.25. The molecular weight excluding hydrogens is 284 g/mol. The minimum absolute atomic E-state index is 0.174. The van der Waals surface area contributed by atoms with Crippen LogP contribution in [0.3, 0.4) is 0 Å². The van der Waals surface area contributed by atoms with Crippen LogP contribution in [0, 0.1) is 0 Å². The number of benzene rings is 1. The third kappa shape index (κ3) is 3.00. The predicted octanol–water partition coefficient (Wildman–Crippen LogP) is 1.92. The highest BCUT2D eigenvalue weighted by Gasteiger charge is 2.31. The molecule has 0 bridgehead atoms. The van der Waals surface area contributed by atoms with Crippen molar-refractivity contribution >= 4 is 22.6 Å². The van der Waals surface area contributed by atoms with E-state index in [-0.39, 0.29) is 5.69 Å². The quantitative estimate of drug-likeness (QED) is 0.873. The molecule has 0 radical (unpaired) electrons. The molecule has 2 rings (SSSR count). The third-order valence-electron chi connectivity index (χ3n) is 3.25. The van der Waals surface area contributed by atoms with Gasteiger partial charge in [-0.25, -0.2) is 9.78 Å². The van der Waals surface area contributed by atoms with E-state index in [2.05, 4.69) is 15.0 Å². The van der Waals surface area contributed by atoms with Gasteiger partial charge in [-0.2, -0.15) is 0 Å². The smallest absolute Gasteiger partial charge is 0.330 e. The first-order chi connectivity index (χ1) is 10.4. The number of ether oxygens (including phenoxy) is 2. The van der Waals surface area contributed by atoms with Crippen LogP contribution < -0.4 is 10.1 Å². The topological polar surface area (TPSA) is 77.5 Å². The van der Waals surface area contributed by atoms with Crippen molar-refractivity contribution in [3.63, 3.8) is 0 Å². The lowest BCUT2D eigenvalue weighted by molar-refractivity contribution is -0.146. The molecule has 0 spiro atoms. The van der Waals surface area contributed by atoms with Gasteiger partial charge in [0.15, 0.2) is 0 Å².